The summed E-state index contributed by atoms with van der Waals surface area (Å²) in [6.45, 7) is 4.65. The van der Waals surface area contributed by atoms with E-state index in [2.05, 4.69) is 15.6 Å². The van der Waals surface area contributed by atoms with Gasteiger partial charge in [-0.1, -0.05) is 5.21 Å². The van der Waals surface area contributed by atoms with Gasteiger partial charge in [0.1, 0.15) is 0 Å². The molecule has 0 radical (unpaired) electrons. The molecule has 5 nitrogen and oxygen atoms in total. The van der Waals surface area contributed by atoms with Gasteiger partial charge in [-0.25, -0.2) is 4.68 Å². The van der Waals surface area contributed by atoms with E-state index in [-0.39, 0.29) is 5.91 Å². The number of aromatic nitrogens is 3. The Balaban J connectivity index is 2.38. The van der Waals surface area contributed by atoms with Gasteiger partial charge in [-0.15, -0.1) is 5.10 Å². The van der Waals surface area contributed by atoms with Gasteiger partial charge in [0.15, 0.2) is 0 Å². The van der Waals surface area contributed by atoms with Crippen LogP contribution < -0.4 is 5.32 Å². The average Bonchev–Trinajstić information content (AvgIpc) is 2.46. The van der Waals surface area contributed by atoms with E-state index in [4.69, 9.17) is 0 Å². The first kappa shape index (κ1) is 8.22. The molecule has 0 aromatic carbocycles. The molecule has 70 valence electrons. The van der Waals surface area contributed by atoms with Crippen molar-refractivity contribution in [3.63, 3.8) is 0 Å². The zero-order valence-corrected chi connectivity index (χ0v) is 7.74. The van der Waals surface area contributed by atoms with E-state index in [9.17, 15) is 4.79 Å². The fraction of sp³-hybridized carbons (Fsp3) is 0.625. The molecule has 1 aromatic heterocycles. The largest absolute Gasteiger partial charge is 0.350 e. The van der Waals surface area contributed by atoms with Crippen molar-refractivity contribution >= 4 is 5.91 Å². The predicted octanol–water partition coefficient (Wildman–Crippen LogP) is 0.0313. The third-order valence-electron chi connectivity index (χ3n) is 2.14. The van der Waals surface area contributed by atoms with E-state index in [1.54, 1.807) is 0 Å². The summed E-state index contributed by atoms with van der Waals surface area (Å²) in [6, 6.07) is 0.297. The number of hydrogen-bond donors (Lipinski definition) is 1. The number of amides is 1. The Bertz CT molecular complexity index is 342. The van der Waals surface area contributed by atoms with Crippen LogP contribution in [0.25, 0.3) is 0 Å². The fourth-order valence-corrected chi connectivity index (χ4v) is 1.48. The smallest absolute Gasteiger partial charge is 0.226 e. The lowest BCUT2D eigenvalue weighted by Gasteiger charge is -2.15. The van der Waals surface area contributed by atoms with Gasteiger partial charge in [0.2, 0.25) is 5.91 Å². The molecule has 2 rings (SSSR count). The highest BCUT2D eigenvalue weighted by Gasteiger charge is 2.21. The molecule has 0 unspecified atom stereocenters. The van der Waals surface area contributed by atoms with E-state index >= 15 is 0 Å². The summed E-state index contributed by atoms with van der Waals surface area (Å²) < 4.78 is 1.86. The van der Waals surface area contributed by atoms with Crippen molar-refractivity contribution in [2.45, 2.75) is 32.9 Å². The second-order valence-electron chi connectivity index (χ2n) is 3.47. The van der Waals surface area contributed by atoms with Gasteiger partial charge in [-0.2, -0.15) is 0 Å². The molecular formula is C8H12N4O. The summed E-state index contributed by atoms with van der Waals surface area (Å²) in [7, 11) is 0. The molecule has 0 bridgehead atoms. The lowest BCUT2D eigenvalue weighted by Crippen LogP contribution is -2.31. The summed E-state index contributed by atoms with van der Waals surface area (Å²) in [4.78, 5) is 11.0. The molecule has 2 heterocycles. The van der Waals surface area contributed by atoms with E-state index in [0.29, 0.717) is 19.0 Å². The van der Waals surface area contributed by atoms with Crippen LogP contribution in [0.3, 0.4) is 0 Å². The summed E-state index contributed by atoms with van der Waals surface area (Å²) in [5, 5.41) is 10.8. The normalized spacial score (nSPS) is 15.8. The third-order valence-corrected chi connectivity index (χ3v) is 2.14. The van der Waals surface area contributed by atoms with Crippen LogP contribution >= 0.6 is 0 Å². The highest BCUT2D eigenvalue weighted by molar-refractivity contribution is 5.79. The maximum Gasteiger partial charge on any atom is 0.226 e. The van der Waals surface area contributed by atoms with Crippen LogP contribution in [0.4, 0.5) is 0 Å². The molecule has 0 saturated heterocycles. The van der Waals surface area contributed by atoms with Crippen molar-refractivity contribution in [3.05, 3.63) is 11.4 Å². The first-order chi connectivity index (χ1) is 6.18. The molecule has 0 fully saturated rings. The molecule has 1 aliphatic heterocycles. The topological polar surface area (TPSA) is 59.8 Å². The number of fused-ring (bicyclic) bond motifs is 1. The van der Waals surface area contributed by atoms with Crippen LogP contribution in [0.15, 0.2) is 0 Å². The van der Waals surface area contributed by atoms with Gasteiger partial charge >= 0.3 is 0 Å². The van der Waals surface area contributed by atoms with Gasteiger partial charge < -0.3 is 5.32 Å². The first-order valence-electron chi connectivity index (χ1n) is 4.38. The monoisotopic (exact) mass is 180 g/mol. The highest BCUT2D eigenvalue weighted by atomic mass is 16.1. The first-order valence-corrected chi connectivity index (χ1v) is 4.38. The Morgan fingerprint density at radius 2 is 2.31 bits per heavy atom. The SMILES string of the molecule is CC(C)n1nnc2c1CNC(=O)C2. The molecule has 1 aliphatic rings. The number of hydrogen-bond acceptors (Lipinski definition) is 3. The number of nitrogens with zero attached hydrogens (tertiary/aromatic N) is 3. The van der Waals surface area contributed by atoms with Crippen molar-refractivity contribution in [1.29, 1.82) is 0 Å². The zero-order valence-electron chi connectivity index (χ0n) is 7.74. The number of rotatable bonds is 1. The van der Waals surface area contributed by atoms with Crippen LogP contribution in [0.1, 0.15) is 31.3 Å². The summed E-state index contributed by atoms with van der Waals surface area (Å²) in [5.74, 6) is 0.0308. The average molecular weight is 180 g/mol. The number of carbonyl (C=O) groups is 1. The quantitative estimate of drug-likeness (QED) is 0.663. The van der Waals surface area contributed by atoms with E-state index < -0.39 is 0 Å². The standard InChI is InChI=1S/C8H12N4O/c1-5(2)12-7-4-9-8(13)3-6(7)10-11-12/h5H,3-4H2,1-2H3,(H,9,13). The molecule has 13 heavy (non-hydrogen) atoms. The highest BCUT2D eigenvalue weighted by Crippen LogP contribution is 2.14. The predicted molar refractivity (Wildman–Crippen MR) is 46.0 cm³/mol. The van der Waals surface area contributed by atoms with E-state index in [1.807, 2.05) is 18.5 Å². The summed E-state index contributed by atoms with van der Waals surface area (Å²) in [5.41, 5.74) is 1.85. The molecule has 1 aromatic rings. The second kappa shape index (κ2) is 2.83. The van der Waals surface area contributed by atoms with Crippen molar-refractivity contribution in [3.8, 4) is 0 Å². The molecule has 5 heteroatoms. The maximum atomic E-state index is 11.0. The van der Waals surface area contributed by atoms with Gasteiger partial charge in [-0.05, 0) is 13.8 Å². The van der Waals surface area contributed by atoms with E-state index in [1.165, 1.54) is 0 Å². The van der Waals surface area contributed by atoms with Crippen molar-refractivity contribution < 1.29 is 4.79 Å². The van der Waals surface area contributed by atoms with Crippen molar-refractivity contribution in [1.82, 2.24) is 20.3 Å². The lowest BCUT2D eigenvalue weighted by molar-refractivity contribution is -0.121. The van der Waals surface area contributed by atoms with Crippen LogP contribution in [0.5, 0.6) is 0 Å². The molecule has 0 atom stereocenters. The summed E-state index contributed by atoms with van der Waals surface area (Å²) in [6.07, 6.45) is 0.363. The van der Waals surface area contributed by atoms with Gasteiger partial charge in [0.25, 0.3) is 0 Å². The Morgan fingerprint density at radius 1 is 1.54 bits per heavy atom. The Kier molecular flexibility index (Phi) is 1.79. The van der Waals surface area contributed by atoms with Gasteiger partial charge in [0, 0.05) is 6.04 Å². The molecule has 1 amide bonds. The van der Waals surface area contributed by atoms with Crippen LogP contribution in [-0.2, 0) is 17.8 Å². The third kappa shape index (κ3) is 1.30. The minimum Gasteiger partial charge on any atom is -0.350 e. The van der Waals surface area contributed by atoms with Gasteiger partial charge in [0.05, 0.1) is 24.4 Å². The maximum absolute atomic E-state index is 11.0. The molecule has 0 saturated carbocycles. The zero-order chi connectivity index (χ0) is 9.42. The minimum atomic E-state index is 0.0308. The second-order valence-corrected chi connectivity index (χ2v) is 3.47. The molecule has 0 spiro atoms. The lowest BCUT2D eigenvalue weighted by atomic mass is 10.1. The number of nitrogens with one attached hydrogen (secondary N) is 1. The van der Waals surface area contributed by atoms with Crippen molar-refractivity contribution in [2.24, 2.45) is 0 Å². The molecule has 1 N–H and O–H groups in total. The Hall–Kier alpha value is -1.39. The fourth-order valence-electron chi connectivity index (χ4n) is 1.48. The van der Waals surface area contributed by atoms with Crippen LogP contribution in [-0.4, -0.2) is 20.9 Å². The van der Waals surface area contributed by atoms with Crippen LogP contribution in [0.2, 0.25) is 0 Å². The Labute approximate surface area is 76.1 Å². The number of carbonyl (C=O) groups excluding carboxylic acids is 1. The molecular weight excluding hydrogens is 168 g/mol. The van der Waals surface area contributed by atoms with Crippen molar-refractivity contribution in [2.75, 3.05) is 0 Å². The Morgan fingerprint density at radius 3 is 3.00 bits per heavy atom. The van der Waals surface area contributed by atoms with Crippen LogP contribution in [0, 0.1) is 0 Å². The van der Waals surface area contributed by atoms with Gasteiger partial charge in [-0.3, -0.25) is 4.79 Å². The van der Waals surface area contributed by atoms with E-state index in [0.717, 1.165) is 11.4 Å². The minimum absolute atomic E-state index is 0.0308. The summed E-state index contributed by atoms with van der Waals surface area (Å²) >= 11 is 0. The molecule has 0 aliphatic carbocycles.